The maximum atomic E-state index is 14.1. The summed E-state index contributed by atoms with van der Waals surface area (Å²) in [5.41, 5.74) is -4.93. The van der Waals surface area contributed by atoms with Crippen LogP contribution in [-0.2, 0) is 25.2 Å². The Kier molecular flexibility index (Phi) is 6.77. The van der Waals surface area contributed by atoms with Crippen molar-refractivity contribution in [2.75, 3.05) is 6.61 Å². The number of esters is 2. The summed E-state index contributed by atoms with van der Waals surface area (Å²) in [5.74, 6) is -4.48. The van der Waals surface area contributed by atoms with Crippen LogP contribution in [0.5, 0.6) is 0 Å². The first-order valence-electron chi connectivity index (χ1n) is 13.7. The molecule has 10 heteroatoms. The van der Waals surface area contributed by atoms with E-state index in [1.54, 1.807) is 0 Å². The van der Waals surface area contributed by atoms with Crippen LogP contribution in [0.1, 0.15) is 68.8 Å². The molecule has 5 rings (SSSR count). The summed E-state index contributed by atoms with van der Waals surface area (Å²) < 4.78 is 52.6. The number of hydrogen-bond donors (Lipinski definition) is 2. The van der Waals surface area contributed by atoms with Gasteiger partial charge < -0.3 is 19.7 Å². The molecule has 0 amide bonds. The zero-order valence-electron chi connectivity index (χ0n) is 22.8. The van der Waals surface area contributed by atoms with Crippen molar-refractivity contribution in [2.24, 2.45) is 34.0 Å². The number of rotatable bonds is 4. The van der Waals surface area contributed by atoms with Crippen LogP contribution in [0, 0.1) is 34.0 Å². The molecule has 0 radical (unpaired) electrons. The van der Waals surface area contributed by atoms with Gasteiger partial charge in [0, 0.05) is 24.2 Å². The molecular weight excluding hydrogens is 529 g/mol. The fourth-order valence-electron chi connectivity index (χ4n) is 8.91. The first kappa shape index (κ1) is 28.8. The molecule has 218 valence electrons. The van der Waals surface area contributed by atoms with Gasteiger partial charge in [0.25, 0.3) is 0 Å². The van der Waals surface area contributed by atoms with Crippen LogP contribution in [0.3, 0.4) is 0 Å². The number of ether oxygens (including phenoxy) is 2. The Labute approximate surface area is 230 Å². The first-order chi connectivity index (χ1) is 18.6. The Bertz CT molecular complexity index is 1260. The number of aliphatic hydroxyl groups is 2. The molecule has 2 bridgehead atoms. The highest BCUT2D eigenvalue weighted by Gasteiger charge is 2.78. The van der Waals surface area contributed by atoms with Crippen LogP contribution in [0.25, 0.3) is 0 Å². The van der Waals surface area contributed by atoms with Gasteiger partial charge in [0.1, 0.15) is 11.5 Å². The summed E-state index contributed by atoms with van der Waals surface area (Å²) >= 11 is 0. The number of Topliss-reactive ketones (excluding diaryl/α,β-unsaturated/α-hetero) is 1. The van der Waals surface area contributed by atoms with Crippen LogP contribution in [0.4, 0.5) is 13.2 Å². The third-order valence-electron chi connectivity index (χ3n) is 10.3. The van der Waals surface area contributed by atoms with Gasteiger partial charge >= 0.3 is 18.1 Å². The highest BCUT2D eigenvalue weighted by Crippen LogP contribution is 2.71. The minimum atomic E-state index is -4.82. The van der Waals surface area contributed by atoms with Crippen molar-refractivity contribution in [1.29, 1.82) is 0 Å². The molecule has 7 nitrogen and oxygen atoms in total. The van der Waals surface area contributed by atoms with E-state index < -0.39 is 76.0 Å². The lowest BCUT2D eigenvalue weighted by Crippen LogP contribution is -2.72. The molecular formula is C30H35F3O7. The molecule has 0 saturated heterocycles. The summed E-state index contributed by atoms with van der Waals surface area (Å²) in [6.07, 6.45) is -6.57. The smallest absolute Gasteiger partial charge is 0.417 e. The summed E-state index contributed by atoms with van der Waals surface area (Å²) in [4.78, 5) is 39.5. The summed E-state index contributed by atoms with van der Waals surface area (Å²) in [6, 6.07) is 4.23. The molecule has 4 aliphatic carbocycles. The van der Waals surface area contributed by atoms with E-state index in [0.717, 1.165) is 24.6 Å². The second-order valence-electron chi connectivity index (χ2n) is 12.7. The van der Waals surface area contributed by atoms with Crippen molar-refractivity contribution in [1.82, 2.24) is 0 Å². The Hall–Kier alpha value is -2.72. The SMILES string of the molecule is C=C1C(=O)[C@@]23[C@H](O)C[C@@H]4C(C)(C)CCC[C@@]4(COC(C)=O)[C@@H]2[C@@H](O)C[C@H]1[C@H]3OC(=O)c1ccccc1C(F)(F)F. The predicted octanol–water partition coefficient (Wildman–Crippen LogP) is 4.49. The van der Waals surface area contributed by atoms with Gasteiger partial charge in [0.05, 0.1) is 29.9 Å². The zero-order chi connectivity index (χ0) is 29.4. The lowest BCUT2D eigenvalue weighted by molar-refractivity contribution is -0.264. The maximum Gasteiger partial charge on any atom is 0.417 e. The largest absolute Gasteiger partial charge is 0.465 e. The van der Waals surface area contributed by atoms with E-state index in [4.69, 9.17) is 9.47 Å². The topological polar surface area (TPSA) is 110 Å². The summed E-state index contributed by atoms with van der Waals surface area (Å²) in [7, 11) is 0. The molecule has 0 aliphatic heterocycles. The van der Waals surface area contributed by atoms with E-state index in [1.165, 1.54) is 13.0 Å². The highest BCUT2D eigenvalue weighted by molar-refractivity contribution is 6.05. The number of fused-ring (bicyclic) bond motifs is 3. The number of carbonyl (C=O) groups excluding carboxylic acids is 3. The number of aliphatic hydroxyl groups excluding tert-OH is 2. The number of halogens is 3. The van der Waals surface area contributed by atoms with Crippen molar-refractivity contribution < 1.29 is 47.2 Å². The third kappa shape index (κ3) is 3.96. The highest BCUT2D eigenvalue weighted by atomic mass is 19.4. The predicted molar refractivity (Wildman–Crippen MR) is 136 cm³/mol. The number of benzene rings is 1. The van der Waals surface area contributed by atoms with E-state index >= 15 is 0 Å². The lowest BCUT2D eigenvalue weighted by Gasteiger charge is -2.66. The van der Waals surface area contributed by atoms with Crippen molar-refractivity contribution in [3.8, 4) is 0 Å². The molecule has 40 heavy (non-hydrogen) atoms. The average molecular weight is 565 g/mol. The Morgan fingerprint density at radius 3 is 2.45 bits per heavy atom. The molecule has 0 unspecified atom stereocenters. The van der Waals surface area contributed by atoms with E-state index in [-0.39, 0.29) is 36.4 Å². The molecule has 4 aliphatic rings. The number of alkyl halides is 3. The number of carbonyl (C=O) groups is 3. The van der Waals surface area contributed by atoms with Crippen molar-refractivity contribution in [3.63, 3.8) is 0 Å². The first-order valence-corrected chi connectivity index (χ1v) is 13.7. The quantitative estimate of drug-likeness (QED) is 0.410. The second-order valence-corrected chi connectivity index (χ2v) is 12.7. The third-order valence-corrected chi connectivity index (χ3v) is 10.3. The van der Waals surface area contributed by atoms with Gasteiger partial charge in [0.2, 0.25) is 0 Å². The summed E-state index contributed by atoms with van der Waals surface area (Å²) in [5, 5.41) is 23.5. The van der Waals surface area contributed by atoms with Gasteiger partial charge in [-0.3, -0.25) is 9.59 Å². The molecule has 0 heterocycles. The van der Waals surface area contributed by atoms with Crippen LogP contribution < -0.4 is 0 Å². The van der Waals surface area contributed by atoms with Crippen LogP contribution >= 0.6 is 0 Å². The molecule has 4 saturated carbocycles. The minimum Gasteiger partial charge on any atom is -0.465 e. The van der Waals surface area contributed by atoms with E-state index in [9.17, 15) is 37.8 Å². The van der Waals surface area contributed by atoms with Gasteiger partial charge in [0.15, 0.2) is 5.78 Å². The van der Waals surface area contributed by atoms with Gasteiger partial charge in [-0.05, 0) is 54.7 Å². The van der Waals surface area contributed by atoms with E-state index in [2.05, 4.69) is 6.58 Å². The lowest BCUT2D eigenvalue weighted by atomic mass is 9.39. The molecule has 8 atom stereocenters. The monoisotopic (exact) mass is 564 g/mol. The standard InChI is InChI=1S/C30H35F3O7/c1-15-18-12-20(35)23-28(14-39-16(2)34)11-7-10-27(3,4)21(28)13-22(36)29(23,24(15)37)25(18)40-26(38)17-8-5-6-9-19(17)30(31,32)33/h5-6,8-9,18,20-23,25,35-36H,1,7,10-14H2,2-4H3/t18-,20+,21-,22-,23+,25-,28+,29-/m1/s1. The second kappa shape index (κ2) is 9.41. The number of ketones is 1. The molecule has 0 aromatic heterocycles. The van der Waals surface area contributed by atoms with Crippen LogP contribution in [0.15, 0.2) is 36.4 Å². The normalized spacial score (nSPS) is 38.3. The molecule has 4 fully saturated rings. The number of hydrogen-bond acceptors (Lipinski definition) is 7. The Balaban J connectivity index is 1.65. The fourth-order valence-corrected chi connectivity index (χ4v) is 8.91. The van der Waals surface area contributed by atoms with Crippen molar-refractivity contribution in [3.05, 3.63) is 47.5 Å². The van der Waals surface area contributed by atoms with Gasteiger partial charge in [-0.2, -0.15) is 13.2 Å². The van der Waals surface area contributed by atoms with Crippen LogP contribution in [-0.4, -0.2) is 52.9 Å². The van der Waals surface area contributed by atoms with Crippen LogP contribution in [0.2, 0.25) is 0 Å². The maximum absolute atomic E-state index is 14.1. The molecule has 2 N–H and O–H groups in total. The molecule has 1 spiro atoms. The average Bonchev–Trinajstić information content (AvgIpc) is 3.00. The van der Waals surface area contributed by atoms with Crippen molar-refractivity contribution in [2.45, 2.75) is 77.4 Å². The molecule has 1 aromatic carbocycles. The van der Waals surface area contributed by atoms with Crippen molar-refractivity contribution >= 4 is 17.7 Å². The van der Waals surface area contributed by atoms with Gasteiger partial charge in [-0.1, -0.05) is 39.0 Å². The van der Waals surface area contributed by atoms with E-state index in [1.807, 2.05) is 13.8 Å². The Morgan fingerprint density at radius 1 is 1.12 bits per heavy atom. The fraction of sp³-hybridized carbons (Fsp3) is 0.633. The zero-order valence-corrected chi connectivity index (χ0v) is 22.8. The summed E-state index contributed by atoms with van der Waals surface area (Å²) in [6.45, 7) is 9.18. The Morgan fingerprint density at radius 2 is 1.80 bits per heavy atom. The molecule has 1 aromatic rings. The minimum absolute atomic E-state index is 0.0302. The van der Waals surface area contributed by atoms with Gasteiger partial charge in [-0.25, -0.2) is 4.79 Å². The van der Waals surface area contributed by atoms with Gasteiger partial charge in [-0.15, -0.1) is 0 Å². The van der Waals surface area contributed by atoms with E-state index in [0.29, 0.717) is 12.8 Å².